The molecule has 0 aliphatic carbocycles. The summed E-state index contributed by atoms with van der Waals surface area (Å²) in [6.07, 6.45) is 3.24. The van der Waals surface area contributed by atoms with Crippen LogP contribution in [0.2, 0.25) is 0 Å². The fraction of sp³-hybridized carbons (Fsp3) is 0.619. The molecule has 162 valence electrons. The lowest BCUT2D eigenvalue weighted by Gasteiger charge is -2.17. The van der Waals surface area contributed by atoms with E-state index in [4.69, 9.17) is 14.2 Å². The highest BCUT2D eigenvalue weighted by molar-refractivity contribution is 5.80. The summed E-state index contributed by atoms with van der Waals surface area (Å²) in [6.45, 7) is 5.83. The molecule has 8 nitrogen and oxygen atoms in total. The van der Waals surface area contributed by atoms with Crippen molar-refractivity contribution >= 4 is 11.9 Å². The molecule has 0 spiro atoms. The van der Waals surface area contributed by atoms with Crippen molar-refractivity contribution in [2.24, 2.45) is 4.99 Å². The Balaban J connectivity index is 1.89. The molecule has 1 heterocycles. The summed E-state index contributed by atoms with van der Waals surface area (Å²) in [5.74, 6) is 3.20. The van der Waals surface area contributed by atoms with Crippen molar-refractivity contribution in [3.05, 3.63) is 17.7 Å². The zero-order chi connectivity index (χ0) is 21.1. The Morgan fingerprint density at radius 2 is 1.86 bits per heavy atom. The highest BCUT2D eigenvalue weighted by Gasteiger charge is 2.19. The van der Waals surface area contributed by atoms with Crippen LogP contribution in [0.3, 0.4) is 0 Å². The molecule has 2 N–H and O–H groups in total. The number of carbonyl (C=O) groups excluding carboxylic acids is 1. The lowest BCUT2D eigenvalue weighted by atomic mass is 10.1. The standard InChI is InChI=1S/C21H34N4O4/c1-5-22-21(23-10-7-13-25-12-6-8-20(25)26)24-11-9-17-18(28-3)14-16(27-2)15-19(17)29-4/h14-15H,5-13H2,1-4H3,(H2,22,23,24). The predicted octanol–water partition coefficient (Wildman–Crippen LogP) is 1.82. The number of nitrogens with zero attached hydrogens (tertiary/aromatic N) is 2. The molecular weight excluding hydrogens is 372 g/mol. The molecule has 1 aliphatic heterocycles. The van der Waals surface area contributed by atoms with Crippen LogP contribution in [-0.2, 0) is 11.2 Å². The third-order valence-electron chi connectivity index (χ3n) is 4.86. The third kappa shape index (κ3) is 6.73. The van der Waals surface area contributed by atoms with Crippen LogP contribution in [0.1, 0.15) is 31.7 Å². The molecule has 1 aliphatic rings. The van der Waals surface area contributed by atoms with Gasteiger partial charge in [-0.15, -0.1) is 0 Å². The minimum atomic E-state index is 0.265. The molecular formula is C21H34N4O4. The second-order valence-corrected chi connectivity index (χ2v) is 6.79. The van der Waals surface area contributed by atoms with Gasteiger partial charge in [0.25, 0.3) is 0 Å². The highest BCUT2D eigenvalue weighted by Crippen LogP contribution is 2.34. The van der Waals surface area contributed by atoms with Gasteiger partial charge in [0.1, 0.15) is 17.2 Å². The predicted molar refractivity (Wildman–Crippen MR) is 114 cm³/mol. The number of likely N-dealkylation sites (tertiary alicyclic amines) is 1. The van der Waals surface area contributed by atoms with E-state index in [1.807, 2.05) is 24.0 Å². The van der Waals surface area contributed by atoms with Crippen LogP contribution in [0.4, 0.5) is 0 Å². The maximum atomic E-state index is 11.7. The average molecular weight is 407 g/mol. The molecule has 0 saturated carbocycles. The van der Waals surface area contributed by atoms with Gasteiger partial charge in [0.05, 0.1) is 21.3 Å². The third-order valence-corrected chi connectivity index (χ3v) is 4.86. The van der Waals surface area contributed by atoms with E-state index in [2.05, 4.69) is 15.6 Å². The van der Waals surface area contributed by atoms with E-state index in [9.17, 15) is 4.79 Å². The number of nitrogens with one attached hydrogen (secondary N) is 2. The van der Waals surface area contributed by atoms with Gasteiger partial charge in [0.15, 0.2) is 5.96 Å². The van der Waals surface area contributed by atoms with E-state index < -0.39 is 0 Å². The van der Waals surface area contributed by atoms with Crippen LogP contribution in [-0.4, -0.2) is 70.8 Å². The quantitative estimate of drug-likeness (QED) is 0.331. The molecule has 0 aromatic heterocycles. The van der Waals surface area contributed by atoms with E-state index in [-0.39, 0.29) is 5.91 Å². The smallest absolute Gasteiger partial charge is 0.222 e. The molecule has 29 heavy (non-hydrogen) atoms. The number of rotatable bonds is 11. The first-order valence-corrected chi connectivity index (χ1v) is 10.2. The summed E-state index contributed by atoms with van der Waals surface area (Å²) in [5.41, 5.74) is 0.978. The van der Waals surface area contributed by atoms with Gasteiger partial charge >= 0.3 is 0 Å². The Morgan fingerprint density at radius 1 is 1.14 bits per heavy atom. The van der Waals surface area contributed by atoms with Gasteiger partial charge in [0, 0.05) is 56.8 Å². The fourth-order valence-electron chi connectivity index (χ4n) is 3.36. The zero-order valence-corrected chi connectivity index (χ0v) is 18.0. The largest absolute Gasteiger partial charge is 0.496 e. The van der Waals surface area contributed by atoms with E-state index >= 15 is 0 Å². The Kier molecular flexibility index (Phi) is 9.40. The summed E-state index contributed by atoms with van der Waals surface area (Å²) >= 11 is 0. The van der Waals surface area contributed by atoms with Crippen molar-refractivity contribution in [1.82, 2.24) is 15.5 Å². The molecule has 0 atom stereocenters. The number of hydrogen-bond donors (Lipinski definition) is 2. The number of benzene rings is 1. The lowest BCUT2D eigenvalue weighted by molar-refractivity contribution is -0.127. The van der Waals surface area contributed by atoms with Crippen LogP contribution < -0.4 is 24.8 Å². The summed E-state index contributed by atoms with van der Waals surface area (Å²) in [6, 6.07) is 3.72. The Labute approximate surface area is 173 Å². The van der Waals surface area contributed by atoms with Crippen molar-refractivity contribution in [3.8, 4) is 17.2 Å². The fourth-order valence-corrected chi connectivity index (χ4v) is 3.36. The summed E-state index contributed by atoms with van der Waals surface area (Å²) < 4.78 is 16.3. The number of amides is 1. The van der Waals surface area contributed by atoms with E-state index in [1.54, 1.807) is 21.3 Å². The Hall–Kier alpha value is -2.64. The molecule has 1 aromatic rings. The minimum Gasteiger partial charge on any atom is -0.496 e. The topological polar surface area (TPSA) is 84.4 Å². The molecule has 1 fully saturated rings. The minimum absolute atomic E-state index is 0.265. The Bertz CT molecular complexity index is 668. The summed E-state index contributed by atoms with van der Waals surface area (Å²) in [7, 11) is 4.90. The highest BCUT2D eigenvalue weighted by atomic mass is 16.5. The number of carbonyl (C=O) groups is 1. The Morgan fingerprint density at radius 3 is 2.41 bits per heavy atom. The lowest BCUT2D eigenvalue weighted by Crippen LogP contribution is -2.38. The normalized spacial score (nSPS) is 14.1. The number of ether oxygens (including phenoxy) is 3. The first-order valence-electron chi connectivity index (χ1n) is 10.2. The van der Waals surface area contributed by atoms with Crippen molar-refractivity contribution in [2.45, 2.75) is 32.6 Å². The van der Waals surface area contributed by atoms with Crippen molar-refractivity contribution in [3.63, 3.8) is 0 Å². The van der Waals surface area contributed by atoms with Crippen molar-refractivity contribution in [1.29, 1.82) is 0 Å². The average Bonchev–Trinajstić information content (AvgIpc) is 3.15. The molecule has 0 radical (unpaired) electrons. The van der Waals surface area contributed by atoms with Crippen LogP contribution in [0.25, 0.3) is 0 Å². The molecule has 8 heteroatoms. The number of hydrogen-bond acceptors (Lipinski definition) is 5. The van der Waals surface area contributed by atoms with E-state index in [0.717, 1.165) is 55.5 Å². The summed E-state index contributed by atoms with van der Waals surface area (Å²) in [5, 5.41) is 6.61. The number of guanidine groups is 1. The van der Waals surface area contributed by atoms with Crippen LogP contribution >= 0.6 is 0 Å². The van der Waals surface area contributed by atoms with Gasteiger partial charge in [-0.3, -0.25) is 9.79 Å². The van der Waals surface area contributed by atoms with Gasteiger partial charge < -0.3 is 29.7 Å². The second kappa shape index (κ2) is 12.0. The number of methoxy groups -OCH3 is 3. The maximum absolute atomic E-state index is 11.7. The zero-order valence-electron chi connectivity index (χ0n) is 18.0. The van der Waals surface area contributed by atoms with Gasteiger partial charge in [-0.2, -0.15) is 0 Å². The molecule has 1 aromatic carbocycles. The number of aliphatic imine (C=N–C) groups is 1. The van der Waals surface area contributed by atoms with Gasteiger partial charge in [-0.1, -0.05) is 0 Å². The van der Waals surface area contributed by atoms with Gasteiger partial charge in [-0.25, -0.2) is 0 Å². The molecule has 0 unspecified atom stereocenters. The van der Waals surface area contributed by atoms with Crippen LogP contribution in [0.15, 0.2) is 17.1 Å². The van der Waals surface area contributed by atoms with Crippen LogP contribution in [0.5, 0.6) is 17.2 Å². The van der Waals surface area contributed by atoms with Gasteiger partial charge in [-0.05, 0) is 26.2 Å². The summed E-state index contributed by atoms with van der Waals surface area (Å²) in [4.78, 5) is 18.2. The first kappa shape index (κ1) is 22.6. The molecule has 1 saturated heterocycles. The van der Waals surface area contributed by atoms with Crippen molar-refractivity contribution in [2.75, 3.05) is 54.1 Å². The van der Waals surface area contributed by atoms with Crippen molar-refractivity contribution < 1.29 is 19.0 Å². The second-order valence-electron chi connectivity index (χ2n) is 6.79. The monoisotopic (exact) mass is 406 g/mol. The SMILES string of the molecule is CCNC(=NCCCN1CCCC1=O)NCCc1c(OC)cc(OC)cc1OC. The van der Waals surface area contributed by atoms with Gasteiger partial charge in [0.2, 0.25) is 5.91 Å². The molecule has 0 bridgehead atoms. The van der Waals surface area contributed by atoms with Crippen LogP contribution in [0, 0.1) is 0 Å². The van der Waals surface area contributed by atoms with E-state index in [0.29, 0.717) is 31.7 Å². The van der Waals surface area contributed by atoms with E-state index in [1.165, 1.54) is 0 Å². The molecule has 2 rings (SSSR count). The maximum Gasteiger partial charge on any atom is 0.222 e. The first-order chi connectivity index (χ1) is 14.1. The molecule has 1 amide bonds.